The summed E-state index contributed by atoms with van der Waals surface area (Å²) in [6, 6.07) is 13.8. The van der Waals surface area contributed by atoms with Crippen molar-refractivity contribution in [1.82, 2.24) is 0 Å². The summed E-state index contributed by atoms with van der Waals surface area (Å²) < 4.78 is 0. The van der Waals surface area contributed by atoms with E-state index in [0.717, 1.165) is 11.4 Å². The van der Waals surface area contributed by atoms with Crippen LogP contribution in [0.3, 0.4) is 0 Å². The molecule has 16 heavy (non-hydrogen) atoms. The number of hydrogen-bond donors (Lipinski definition) is 2. The smallest absolute Gasteiger partial charge is 0.0325 e. The van der Waals surface area contributed by atoms with Crippen LogP contribution < -0.4 is 11.5 Å². The fraction of sp³-hybridized carbons (Fsp3) is 0.0769. The van der Waals surface area contributed by atoms with Gasteiger partial charge >= 0.3 is 0 Å². The molecule has 0 radical (unpaired) electrons. The molecule has 2 aromatic carbocycles. The van der Waals surface area contributed by atoms with E-state index in [2.05, 4.69) is 6.26 Å². The summed E-state index contributed by atoms with van der Waals surface area (Å²) in [5.74, 6) is 0. The number of rotatable bonds is 2. The van der Waals surface area contributed by atoms with Gasteiger partial charge < -0.3 is 11.5 Å². The second-order valence-electron chi connectivity index (χ2n) is 3.58. The first-order valence-electron chi connectivity index (χ1n) is 5.00. The van der Waals surface area contributed by atoms with Crippen molar-refractivity contribution in [2.45, 2.75) is 4.90 Å². The third kappa shape index (κ3) is 2.14. The topological polar surface area (TPSA) is 52.0 Å². The summed E-state index contributed by atoms with van der Waals surface area (Å²) >= 11 is 1.70. The minimum atomic E-state index is 0.782. The van der Waals surface area contributed by atoms with E-state index in [0.29, 0.717) is 0 Å². The maximum atomic E-state index is 5.77. The third-order valence-electron chi connectivity index (χ3n) is 2.45. The van der Waals surface area contributed by atoms with E-state index in [9.17, 15) is 0 Å². The molecule has 0 heterocycles. The quantitative estimate of drug-likeness (QED) is 0.615. The van der Waals surface area contributed by atoms with Crippen LogP contribution in [0.15, 0.2) is 47.4 Å². The number of hydrogen-bond acceptors (Lipinski definition) is 3. The van der Waals surface area contributed by atoms with Crippen molar-refractivity contribution in [2.24, 2.45) is 0 Å². The van der Waals surface area contributed by atoms with Crippen LogP contribution in [0.5, 0.6) is 0 Å². The Kier molecular flexibility index (Phi) is 3.06. The van der Waals surface area contributed by atoms with E-state index in [1.54, 1.807) is 11.8 Å². The Morgan fingerprint density at radius 2 is 1.50 bits per heavy atom. The van der Waals surface area contributed by atoms with Crippen molar-refractivity contribution in [2.75, 3.05) is 17.7 Å². The van der Waals surface area contributed by atoms with Crippen molar-refractivity contribution in [3.8, 4) is 11.1 Å². The first kappa shape index (κ1) is 10.9. The molecule has 2 nitrogen and oxygen atoms in total. The molecule has 0 atom stereocenters. The molecular weight excluding hydrogens is 216 g/mol. The maximum Gasteiger partial charge on any atom is 0.0325 e. The molecule has 0 spiro atoms. The molecule has 3 heteroatoms. The van der Waals surface area contributed by atoms with Crippen LogP contribution in [0.25, 0.3) is 11.1 Å². The lowest BCUT2D eigenvalue weighted by Crippen LogP contribution is -1.89. The second kappa shape index (κ2) is 4.49. The number of benzene rings is 2. The van der Waals surface area contributed by atoms with Crippen LogP contribution >= 0.6 is 11.8 Å². The van der Waals surface area contributed by atoms with E-state index in [1.807, 2.05) is 42.5 Å². The highest BCUT2D eigenvalue weighted by Crippen LogP contribution is 2.32. The highest BCUT2D eigenvalue weighted by atomic mass is 32.2. The maximum absolute atomic E-state index is 5.77. The molecular formula is C13H14N2S. The molecule has 2 rings (SSSR count). The van der Waals surface area contributed by atoms with Crippen LogP contribution in [-0.4, -0.2) is 6.26 Å². The van der Waals surface area contributed by atoms with Crippen molar-refractivity contribution in [3.05, 3.63) is 42.5 Å². The van der Waals surface area contributed by atoms with Gasteiger partial charge in [-0.15, -0.1) is 11.8 Å². The normalized spacial score (nSPS) is 10.3. The zero-order valence-corrected chi connectivity index (χ0v) is 9.92. The van der Waals surface area contributed by atoms with Crippen LogP contribution in [0.4, 0.5) is 11.4 Å². The second-order valence-corrected chi connectivity index (χ2v) is 4.43. The number of anilines is 2. The van der Waals surface area contributed by atoms with Gasteiger partial charge in [0.05, 0.1) is 0 Å². The van der Waals surface area contributed by atoms with Crippen LogP contribution in [-0.2, 0) is 0 Å². The van der Waals surface area contributed by atoms with Crippen molar-refractivity contribution in [3.63, 3.8) is 0 Å². The Bertz CT molecular complexity index is 492. The summed E-state index contributed by atoms with van der Waals surface area (Å²) in [7, 11) is 0. The molecule has 0 saturated heterocycles. The molecule has 0 aliphatic rings. The van der Waals surface area contributed by atoms with E-state index in [-0.39, 0.29) is 0 Å². The fourth-order valence-electron chi connectivity index (χ4n) is 1.61. The average Bonchev–Trinajstić information content (AvgIpc) is 2.30. The van der Waals surface area contributed by atoms with Gasteiger partial charge in [-0.05, 0) is 41.6 Å². The van der Waals surface area contributed by atoms with Crippen molar-refractivity contribution < 1.29 is 0 Å². The fourth-order valence-corrected chi connectivity index (χ4v) is 2.27. The number of nitrogen functional groups attached to an aromatic ring is 2. The monoisotopic (exact) mass is 230 g/mol. The SMILES string of the molecule is CSc1cc(N)ccc1-c1ccc(N)cc1. The number of thioether (sulfide) groups is 1. The first-order chi connectivity index (χ1) is 7.70. The van der Waals surface area contributed by atoms with Crippen LogP contribution in [0, 0.1) is 0 Å². The highest BCUT2D eigenvalue weighted by molar-refractivity contribution is 7.98. The largest absolute Gasteiger partial charge is 0.399 e. The van der Waals surface area contributed by atoms with Gasteiger partial charge in [0.2, 0.25) is 0 Å². The Hall–Kier alpha value is -1.61. The average molecular weight is 230 g/mol. The lowest BCUT2D eigenvalue weighted by Gasteiger charge is -2.08. The minimum Gasteiger partial charge on any atom is -0.399 e. The predicted octanol–water partition coefficient (Wildman–Crippen LogP) is 3.24. The van der Waals surface area contributed by atoms with Crippen molar-refractivity contribution in [1.29, 1.82) is 0 Å². The Morgan fingerprint density at radius 1 is 0.875 bits per heavy atom. The highest BCUT2D eigenvalue weighted by Gasteiger charge is 2.04. The minimum absolute atomic E-state index is 0.782. The Morgan fingerprint density at radius 3 is 2.12 bits per heavy atom. The summed E-state index contributed by atoms with van der Waals surface area (Å²) in [6.45, 7) is 0. The summed E-state index contributed by atoms with van der Waals surface area (Å²) in [5, 5.41) is 0. The Balaban J connectivity index is 2.51. The van der Waals surface area contributed by atoms with Crippen molar-refractivity contribution >= 4 is 23.1 Å². The summed E-state index contributed by atoms with van der Waals surface area (Å²) in [4.78, 5) is 1.18. The molecule has 0 bridgehead atoms. The zero-order chi connectivity index (χ0) is 11.5. The van der Waals surface area contributed by atoms with Gasteiger partial charge in [0.1, 0.15) is 0 Å². The van der Waals surface area contributed by atoms with Crippen LogP contribution in [0.2, 0.25) is 0 Å². The lowest BCUT2D eigenvalue weighted by molar-refractivity contribution is 1.45. The van der Waals surface area contributed by atoms with Gasteiger partial charge in [0, 0.05) is 16.3 Å². The van der Waals surface area contributed by atoms with Gasteiger partial charge in [-0.2, -0.15) is 0 Å². The summed E-state index contributed by atoms with van der Waals surface area (Å²) in [6.07, 6.45) is 2.05. The molecule has 0 amide bonds. The molecule has 0 fully saturated rings. The standard InChI is InChI=1S/C13H14N2S/c1-16-13-8-11(15)6-7-12(13)9-2-4-10(14)5-3-9/h2-8H,14-15H2,1H3. The van der Waals surface area contributed by atoms with E-state index >= 15 is 0 Å². The van der Waals surface area contributed by atoms with E-state index in [1.165, 1.54) is 16.0 Å². The molecule has 0 aliphatic heterocycles. The van der Waals surface area contributed by atoms with Gasteiger partial charge in [-0.1, -0.05) is 18.2 Å². The molecule has 82 valence electrons. The molecule has 4 N–H and O–H groups in total. The zero-order valence-electron chi connectivity index (χ0n) is 9.10. The van der Waals surface area contributed by atoms with Gasteiger partial charge in [-0.25, -0.2) is 0 Å². The molecule has 0 aromatic heterocycles. The number of nitrogens with two attached hydrogens (primary N) is 2. The van der Waals surface area contributed by atoms with Gasteiger partial charge in [-0.3, -0.25) is 0 Å². The Labute approximate surface area is 99.7 Å². The molecule has 2 aromatic rings. The first-order valence-corrected chi connectivity index (χ1v) is 6.22. The van der Waals surface area contributed by atoms with Crippen LogP contribution in [0.1, 0.15) is 0 Å². The molecule has 0 saturated carbocycles. The lowest BCUT2D eigenvalue weighted by atomic mass is 10.1. The third-order valence-corrected chi connectivity index (χ3v) is 3.22. The summed E-state index contributed by atoms with van der Waals surface area (Å²) in [5.41, 5.74) is 15.4. The van der Waals surface area contributed by atoms with Gasteiger partial charge in [0.25, 0.3) is 0 Å². The van der Waals surface area contributed by atoms with E-state index < -0.39 is 0 Å². The van der Waals surface area contributed by atoms with Gasteiger partial charge in [0.15, 0.2) is 0 Å². The molecule has 0 unspecified atom stereocenters. The predicted molar refractivity (Wildman–Crippen MR) is 72.5 cm³/mol. The van der Waals surface area contributed by atoms with E-state index in [4.69, 9.17) is 11.5 Å². The molecule has 0 aliphatic carbocycles.